The Morgan fingerprint density at radius 1 is 0.793 bits per heavy atom. The van der Waals surface area contributed by atoms with E-state index in [-0.39, 0.29) is 16.7 Å². The molecule has 0 atom stereocenters. The molecule has 1 amide bonds. The van der Waals surface area contributed by atoms with Crippen molar-refractivity contribution in [2.45, 2.75) is 29.9 Å². The number of nitrogens with one attached hydrogen (secondary N) is 1. The Balaban J connectivity index is 1.76. The molecule has 0 aliphatic carbocycles. The fraction of sp³-hybridized carbons (Fsp3) is 0.208. The first kappa shape index (κ1) is 20.8. The fourth-order valence-corrected chi connectivity index (χ4v) is 4.22. The van der Waals surface area contributed by atoms with E-state index in [0.29, 0.717) is 12.1 Å². The maximum Gasteiger partial charge on any atom is 0.251 e. The van der Waals surface area contributed by atoms with Gasteiger partial charge in [-0.1, -0.05) is 60.7 Å². The van der Waals surface area contributed by atoms with E-state index in [1.807, 2.05) is 36.4 Å². The summed E-state index contributed by atoms with van der Waals surface area (Å²) < 4.78 is 24.5. The van der Waals surface area contributed by atoms with Crippen molar-refractivity contribution in [2.75, 3.05) is 6.54 Å². The number of sulfone groups is 1. The van der Waals surface area contributed by atoms with Crippen molar-refractivity contribution in [1.82, 2.24) is 5.32 Å². The first-order valence-electron chi connectivity index (χ1n) is 9.61. The van der Waals surface area contributed by atoms with Gasteiger partial charge in [0.15, 0.2) is 9.84 Å². The third-order valence-corrected chi connectivity index (χ3v) is 7.11. The van der Waals surface area contributed by atoms with E-state index < -0.39 is 15.1 Å². The summed E-state index contributed by atoms with van der Waals surface area (Å²) in [5.74, 6) is -0.197. The van der Waals surface area contributed by atoms with Crippen LogP contribution in [0.2, 0.25) is 0 Å². The lowest BCUT2D eigenvalue weighted by Gasteiger charge is -2.19. The van der Waals surface area contributed by atoms with Gasteiger partial charge in [-0.3, -0.25) is 4.79 Å². The van der Waals surface area contributed by atoms with E-state index in [2.05, 4.69) is 29.6 Å². The predicted molar refractivity (Wildman–Crippen MR) is 116 cm³/mol. The Labute approximate surface area is 172 Å². The highest BCUT2D eigenvalue weighted by molar-refractivity contribution is 7.92. The molecule has 4 nitrogen and oxygen atoms in total. The third-order valence-electron chi connectivity index (χ3n) is 4.94. The lowest BCUT2D eigenvalue weighted by atomic mass is 9.91. The summed E-state index contributed by atoms with van der Waals surface area (Å²) in [7, 11) is -3.35. The molecule has 0 fully saturated rings. The maximum atomic E-state index is 12.6. The van der Waals surface area contributed by atoms with Crippen molar-refractivity contribution in [1.29, 1.82) is 0 Å². The van der Waals surface area contributed by atoms with Gasteiger partial charge < -0.3 is 5.32 Å². The average molecular weight is 408 g/mol. The molecule has 3 aromatic rings. The Hall–Kier alpha value is -2.92. The van der Waals surface area contributed by atoms with Crippen LogP contribution >= 0.6 is 0 Å². The summed E-state index contributed by atoms with van der Waals surface area (Å²) in [5, 5.41) is 2.49. The van der Waals surface area contributed by atoms with Gasteiger partial charge in [-0.2, -0.15) is 0 Å². The van der Waals surface area contributed by atoms with Gasteiger partial charge in [0.25, 0.3) is 5.91 Å². The van der Waals surface area contributed by atoms with E-state index in [0.717, 1.165) is 11.1 Å². The van der Waals surface area contributed by atoms with E-state index in [4.69, 9.17) is 0 Å². The molecule has 0 spiro atoms. The maximum absolute atomic E-state index is 12.6. The number of hydrogen-bond acceptors (Lipinski definition) is 3. The van der Waals surface area contributed by atoms with Gasteiger partial charge in [-0.15, -0.1) is 0 Å². The Bertz CT molecular complexity index is 1000. The van der Waals surface area contributed by atoms with Crippen molar-refractivity contribution in [3.8, 4) is 0 Å². The Kier molecular flexibility index (Phi) is 6.49. The summed E-state index contributed by atoms with van der Waals surface area (Å²) >= 11 is 0. The van der Waals surface area contributed by atoms with Crippen LogP contribution in [-0.2, 0) is 9.84 Å². The van der Waals surface area contributed by atoms with Crippen LogP contribution in [0.5, 0.6) is 0 Å². The van der Waals surface area contributed by atoms with Gasteiger partial charge in [0.05, 0.1) is 10.1 Å². The Morgan fingerprint density at radius 3 is 1.72 bits per heavy atom. The summed E-state index contributed by atoms with van der Waals surface area (Å²) in [6, 6.07) is 26.2. The monoisotopic (exact) mass is 407 g/mol. The third kappa shape index (κ3) is 4.93. The van der Waals surface area contributed by atoms with Crippen molar-refractivity contribution in [3.05, 3.63) is 102 Å². The zero-order valence-electron chi connectivity index (χ0n) is 16.6. The molecule has 29 heavy (non-hydrogen) atoms. The molecule has 0 aromatic heterocycles. The second kappa shape index (κ2) is 9.05. The van der Waals surface area contributed by atoms with Gasteiger partial charge >= 0.3 is 0 Å². The number of benzene rings is 3. The van der Waals surface area contributed by atoms with Crippen molar-refractivity contribution >= 4 is 15.7 Å². The topological polar surface area (TPSA) is 63.2 Å². The average Bonchev–Trinajstić information content (AvgIpc) is 2.75. The largest absolute Gasteiger partial charge is 0.351 e. The molecular formula is C24H25NO3S. The van der Waals surface area contributed by atoms with Gasteiger partial charge in [0, 0.05) is 18.0 Å². The molecule has 0 bridgehead atoms. The van der Waals surface area contributed by atoms with Crippen LogP contribution in [0, 0.1) is 0 Å². The van der Waals surface area contributed by atoms with Crippen LogP contribution < -0.4 is 5.32 Å². The van der Waals surface area contributed by atoms with E-state index in [9.17, 15) is 13.2 Å². The molecule has 0 unspecified atom stereocenters. The SMILES string of the molecule is CC(C)S(=O)(=O)c1ccc(C(=O)NCC(c2ccccc2)c2ccccc2)cc1. The van der Waals surface area contributed by atoms with Gasteiger partial charge in [0.1, 0.15) is 0 Å². The lowest BCUT2D eigenvalue weighted by Crippen LogP contribution is -2.29. The normalized spacial score (nSPS) is 11.6. The summed E-state index contributed by atoms with van der Waals surface area (Å²) in [5.41, 5.74) is 2.68. The van der Waals surface area contributed by atoms with Crippen LogP contribution in [0.25, 0.3) is 0 Å². The van der Waals surface area contributed by atoms with Gasteiger partial charge in [-0.05, 0) is 49.2 Å². The minimum absolute atomic E-state index is 0.0296. The van der Waals surface area contributed by atoms with Crippen LogP contribution in [-0.4, -0.2) is 26.1 Å². The fourth-order valence-electron chi connectivity index (χ4n) is 3.16. The molecule has 0 saturated carbocycles. The summed E-state index contributed by atoms with van der Waals surface area (Å²) in [4.78, 5) is 12.9. The van der Waals surface area contributed by atoms with E-state index >= 15 is 0 Å². The second-order valence-electron chi connectivity index (χ2n) is 7.20. The van der Waals surface area contributed by atoms with Crippen LogP contribution in [0.15, 0.2) is 89.8 Å². The quantitative estimate of drug-likeness (QED) is 0.630. The predicted octanol–water partition coefficient (Wildman–Crippen LogP) is 4.43. The van der Waals surface area contributed by atoms with Gasteiger partial charge in [0.2, 0.25) is 0 Å². The first-order chi connectivity index (χ1) is 13.9. The molecule has 5 heteroatoms. The number of rotatable bonds is 7. The molecule has 0 heterocycles. The molecule has 0 aliphatic rings. The number of hydrogen-bond donors (Lipinski definition) is 1. The van der Waals surface area contributed by atoms with Crippen LogP contribution in [0.1, 0.15) is 41.3 Å². The van der Waals surface area contributed by atoms with Gasteiger partial charge in [-0.25, -0.2) is 8.42 Å². The number of carbonyl (C=O) groups is 1. The lowest BCUT2D eigenvalue weighted by molar-refractivity contribution is 0.0952. The highest BCUT2D eigenvalue weighted by atomic mass is 32.2. The van der Waals surface area contributed by atoms with Crippen molar-refractivity contribution < 1.29 is 13.2 Å². The van der Waals surface area contributed by atoms with E-state index in [1.165, 1.54) is 12.1 Å². The molecule has 0 saturated heterocycles. The molecule has 0 radical (unpaired) electrons. The summed E-state index contributed by atoms with van der Waals surface area (Å²) in [6.07, 6.45) is 0. The number of carbonyl (C=O) groups excluding carboxylic acids is 1. The van der Waals surface area contributed by atoms with Crippen molar-refractivity contribution in [3.63, 3.8) is 0 Å². The van der Waals surface area contributed by atoms with E-state index in [1.54, 1.807) is 26.0 Å². The highest BCUT2D eigenvalue weighted by Crippen LogP contribution is 2.24. The minimum Gasteiger partial charge on any atom is -0.351 e. The smallest absolute Gasteiger partial charge is 0.251 e. The zero-order chi connectivity index (χ0) is 20.9. The molecule has 150 valence electrons. The number of amides is 1. The molecule has 0 aliphatic heterocycles. The highest BCUT2D eigenvalue weighted by Gasteiger charge is 2.20. The van der Waals surface area contributed by atoms with Crippen LogP contribution in [0.4, 0.5) is 0 Å². The molecule has 1 N–H and O–H groups in total. The summed E-state index contributed by atoms with van der Waals surface area (Å²) in [6.45, 7) is 3.73. The first-order valence-corrected chi connectivity index (χ1v) is 11.2. The molecule has 3 rings (SSSR count). The van der Waals surface area contributed by atoms with Crippen molar-refractivity contribution in [2.24, 2.45) is 0 Å². The molecule has 3 aromatic carbocycles. The van der Waals surface area contributed by atoms with Crippen LogP contribution in [0.3, 0.4) is 0 Å². The molecular weight excluding hydrogens is 382 g/mol. The zero-order valence-corrected chi connectivity index (χ0v) is 17.4. The Morgan fingerprint density at radius 2 is 1.28 bits per heavy atom. The second-order valence-corrected chi connectivity index (χ2v) is 9.71. The minimum atomic E-state index is -3.35. The standard InChI is InChI=1S/C24H25NO3S/c1-18(2)29(27,28)22-15-13-21(14-16-22)24(26)25-17-23(19-9-5-3-6-10-19)20-11-7-4-8-12-20/h3-16,18,23H,17H2,1-2H3,(H,25,26).